The first-order valence-electron chi connectivity index (χ1n) is 8.12. The van der Waals surface area contributed by atoms with Crippen molar-refractivity contribution in [2.75, 3.05) is 13.1 Å². The average Bonchev–Trinajstić information content (AvgIpc) is 2.98. The highest BCUT2D eigenvalue weighted by Crippen LogP contribution is 2.25. The molecule has 1 aliphatic heterocycles. The van der Waals surface area contributed by atoms with Gasteiger partial charge in [-0.3, -0.25) is 4.90 Å². The fourth-order valence-corrected chi connectivity index (χ4v) is 3.20. The smallest absolute Gasteiger partial charge is 0.151 e. The minimum Gasteiger partial charge on any atom is -0.359 e. The van der Waals surface area contributed by atoms with Gasteiger partial charge in [0.25, 0.3) is 0 Å². The Kier molecular flexibility index (Phi) is 6.22. The van der Waals surface area contributed by atoms with Crippen molar-refractivity contribution in [2.24, 2.45) is 11.7 Å². The Morgan fingerprint density at radius 1 is 1.30 bits per heavy atom. The topological polar surface area (TPSA) is 55.3 Å². The molecule has 1 aliphatic rings. The molecule has 5 heteroatoms. The van der Waals surface area contributed by atoms with Gasteiger partial charge in [0.15, 0.2) is 5.76 Å². The van der Waals surface area contributed by atoms with Gasteiger partial charge in [-0.2, -0.15) is 0 Å². The van der Waals surface area contributed by atoms with Crippen LogP contribution in [0.15, 0.2) is 34.9 Å². The van der Waals surface area contributed by atoms with Crippen LogP contribution in [0.4, 0.5) is 0 Å². The molecule has 2 N–H and O–H groups in total. The first-order chi connectivity index (χ1) is 10.7. The molecular weight excluding hydrogens is 310 g/mol. The van der Waals surface area contributed by atoms with Crippen molar-refractivity contribution in [3.8, 4) is 11.3 Å². The van der Waals surface area contributed by atoms with E-state index in [1.165, 1.54) is 18.4 Å². The summed E-state index contributed by atoms with van der Waals surface area (Å²) < 4.78 is 5.54. The third-order valence-corrected chi connectivity index (χ3v) is 4.64. The van der Waals surface area contributed by atoms with Gasteiger partial charge in [-0.1, -0.05) is 41.9 Å². The average molecular weight is 336 g/mol. The molecule has 1 aromatic carbocycles. The Labute approximate surface area is 144 Å². The van der Waals surface area contributed by atoms with Gasteiger partial charge in [0, 0.05) is 24.2 Å². The van der Waals surface area contributed by atoms with E-state index in [1.807, 2.05) is 0 Å². The number of hydrogen-bond donors (Lipinski definition) is 1. The summed E-state index contributed by atoms with van der Waals surface area (Å²) in [6, 6.07) is 10.9. The number of halogens is 1. The molecule has 2 heterocycles. The Morgan fingerprint density at radius 3 is 2.74 bits per heavy atom. The maximum Gasteiger partial charge on any atom is 0.151 e. The zero-order chi connectivity index (χ0) is 15.5. The number of nitrogens with zero attached hydrogens (tertiary/aromatic N) is 2. The molecule has 0 spiro atoms. The van der Waals surface area contributed by atoms with Crippen molar-refractivity contribution in [1.82, 2.24) is 10.1 Å². The summed E-state index contributed by atoms with van der Waals surface area (Å²) in [6.45, 7) is 6.99. The standard InChI is InChI=1S/C18H25N3O.ClH/c1-13-3-5-15(6-4-13)18-10-17(22-20-18)12-21-8-7-14(2)9-16(21)11-19;/h3-6,10,14,16H,7-9,11-12,19H2,1-2H3;1H. The lowest BCUT2D eigenvalue weighted by molar-refractivity contribution is 0.104. The maximum absolute atomic E-state index is 5.93. The van der Waals surface area contributed by atoms with E-state index in [-0.39, 0.29) is 12.4 Å². The van der Waals surface area contributed by atoms with Crippen molar-refractivity contribution >= 4 is 12.4 Å². The Morgan fingerprint density at radius 2 is 2.04 bits per heavy atom. The SMILES string of the molecule is Cc1ccc(-c2cc(CN3CCC(C)CC3CN)on2)cc1.Cl. The molecule has 3 rings (SSSR count). The highest BCUT2D eigenvalue weighted by atomic mass is 35.5. The second-order valence-corrected chi connectivity index (χ2v) is 6.53. The first-order valence-corrected chi connectivity index (χ1v) is 8.12. The second-order valence-electron chi connectivity index (χ2n) is 6.53. The largest absolute Gasteiger partial charge is 0.359 e. The van der Waals surface area contributed by atoms with Crippen LogP contribution in [-0.2, 0) is 6.54 Å². The number of rotatable bonds is 4. The number of aryl methyl sites for hydroxylation is 1. The molecule has 0 bridgehead atoms. The van der Waals surface area contributed by atoms with Crippen molar-refractivity contribution < 1.29 is 4.52 Å². The number of hydrogen-bond acceptors (Lipinski definition) is 4. The van der Waals surface area contributed by atoms with E-state index in [1.54, 1.807) is 0 Å². The van der Waals surface area contributed by atoms with Gasteiger partial charge in [0.1, 0.15) is 5.69 Å². The van der Waals surface area contributed by atoms with E-state index in [9.17, 15) is 0 Å². The first kappa shape index (κ1) is 18.0. The Balaban J connectivity index is 0.00000192. The molecule has 0 saturated carbocycles. The number of benzene rings is 1. The van der Waals surface area contributed by atoms with Crippen LogP contribution in [0, 0.1) is 12.8 Å². The van der Waals surface area contributed by atoms with Gasteiger partial charge in [-0.25, -0.2) is 0 Å². The zero-order valence-electron chi connectivity index (χ0n) is 13.9. The van der Waals surface area contributed by atoms with Gasteiger partial charge in [-0.05, 0) is 32.2 Å². The van der Waals surface area contributed by atoms with E-state index in [4.69, 9.17) is 10.3 Å². The second kappa shape index (κ2) is 7.95. The minimum absolute atomic E-state index is 0. The van der Waals surface area contributed by atoms with Crippen molar-refractivity contribution in [2.45, 2.75) is 39.3 Å². The van der Waals surface area contributed by atoms with Gasteiger partial charge in [-0.15, -0.1) is 12.4 Å². The number of piperidine rings is 1. The number of aromatic nitrogens is 1. The highest BCUT2D eigenvalue weighted by molar-refractivity contribution is 5.85. The Bertz CT molecular complexity index is 611. The number of likely N-dealkylation sites (tertiary alicyclic amines) is 1. The van der Waals surface area contributed by atoms with Crippen LogP contribution in [0.5, 0.6) is 0 Å². The molecule has 0 radical (unpaired) electrons. The molecule has 1 fully saturated rings. The lowest BCUT2D eigenvalue weighted by Gasteiger charge is -2.37. The molecule has 23 heavy (non-hydrogen) atoms. The fourth-order valence-electron chi connectivity index (χ4n) is 3.20. The maximum atomic E-state index is 5.93. The number of nitrogens with two attached hydrogens (primary N) is 1. The summed E-state index contributed by atoms with van der Waals surface area (Å²) in [4.78, 5) is 2.43. The van der Waals surface area contributed by atoms with Crippen molar-refractivity contribution in [3.05, 3.63) is 41.7 Å². The van der Waals surface area contributed by atoms with E-state index in [0.29, 0.717) is 12.6 Å². The van der Waals surface area contributed by atoms with Crippen molar-refractivity contribution in [1.29, 1.82) is 0 Å². The molecular formula is C18H26ClN3O. The molecule has 2 atom stereocenters. The van der Waals surface area contributed by atoms with E-state index >= 15 is 0 Å². The zero-order valence-corrected chi connectivity index (χ0v) is 14.7. The van der Waals surface area contributed by atoms with Crippen LogP contribution in [0.2, 0.25) is 0 Å². The monoisotopic (exact) mass is 335 g/mol. The summed E-state index contributed by atoms with van der Waals surface area (Å²) in [7, 11) is 0. The summed E-state index contributed by atoms with van der Waals surface area (Å²) in [5.74, 6) is 1.69. The molecule has 4 nitrogen and oxygen atoms in total. The quantitative estimate of drug-likeness (QED) is 0.927. The lowest BCUT2D eigenvalue weighted by atomic mass is 9.92. The third-order valence-electron chi connectivity index (χ3n) is 4.64. The van der Waals surface area contributed by atoms with E-state index in [2.05, 4.69) is 54.2 Å². The molecule has 2 aromatic rings. The van der Waals surface area contributed by atoms with Crippen LogP contribution in [0.25, 0.3) is 11.3 Å². The molecule has 126 valence electrons. The minimum atomic E-state index is 0. The summed E-state index contributed by atoms with van der Waals surface area (Å²) in [5, 5.41) is 4.21. The summed E-state index contributed by atoms with van der Waals surface area (Å²) in [5.41, 5.74) is 9.19. The fraction of sp³-hybridized carbons (Fsp3) is 0.500. The highest BCUT2D eigenvalue weighted by Gasteiger charge is 2.26. The molecule has 0 aliphatic carbocycles. The molecule has 2 unspecified atom stereocenters. The van der Waals surface area contributed by atoms with Crippen LogP contribution < -0.4 is 5.73 Å². The summed E-state index contributed by atoms with van der Waals surface area (Å²) >= 11 is 0. The summed E-state index contributed by atoms with van der Waals surface area (Å²) in [6.07, 6.45) is 2.41. The third kappa shape index (κ3) is 4.34. The molecule has 1 aromatic heterocycles. The van der Waals surface area contributed by atoms with Gasteiger partial charge < -0.3 is 10.3 Å². The Hall–Kier alpha value is -1.36. The van der Waals surface area contributed by atoms with E-state index in [0.717, 1.165) is 36.0 Å². The van der Waals surface area contributed by atoms with Crippen molar-refractivity contribution in [3.63, 3.8) is 0 Å². The van der Waals surface area contributed by atoms with Crippen LogP contribution in [0.1, 0.15) is 31.1 Å². The van der Waals surface area contributed by atoms with Crippen LogP contribution in [-0.4, -0.2) is 29.2 Å². The van der Waals surface area contributed by atoms with Crippen LogP contribution in [0.3, 0.4) is 0 Å². The van der Waals surface area contributed by atoms with Gasteiger partial charge in [0.2, 0.25) is 0 Å². The molecule has 1 saturated heterocycles. The van der Waals surface area contributed by atoms with Gasteiger partial charge in [0.05, 0.1) is 6.54 Å². The molecule has 0 amide bonds. The van der Waals surface area contributed by atoms with Crippen LogP contribution >= 0.6 is 12.4 Å². The predicted molar refractivity (Wildman–Crippen MR) is 95.6 cm³/mol. The lowest BCUT2D eigenvalue weighted by Crippen LogP contribution is -2.45. The predicted octanol–water partition coefficient (Wildman–Crippen LogP) is 3.63. The van der Waals surface area contributed by atoms with E-state index < -0.39 is 0 Å². The van der Waals surface area contributed by atoms with Gasteiger partial charge >= 0.3 is 0 Å². The normalized spacial score (nSPS) is 21.9.